The molecule has 3 rings (SSSR count). The van der Waals surface area contributed by atoms with Crippen LogP contribution in [0.4, 0.5) is 5.69 Å². The number of rotatable bonds is 7. The largest absolute Gasteiger partial charge is 0.494 e. The smallest absolute Gasteiger partial charge is 0.227 e. The first-order valence-corrected chi connectivity index (χ1v) is 9.33. The van der Waals surface area contributed by atoms with E-state index in [0.717, 1.165) is 20.6 Å². The number of ether oxygens (including phenoxy) is 1. The van der Waals surface area contributed by atoms with Crippen LogP contribution in [0.2, 0.25) is 0 Å². The van der Waals surface area contributed by atoms with E-state index >= 15 is 0 Å². The Labute approximate surface area is 165 Å². The van der Waals surface area contributed by atoms with E-state index in [0.29, 0.717) is 24.7 Å². The first-order chi connectivity index (χ1) is 12.6. The van der Waals surface area contributed by atoms with Crippen molar-refractivity contribution in [3.05, 3.63) is 58.0 Å². The summed E-state index contributed by atoms with van der Waals surface area (Å²) in [6, 6.07) is 15.1. The third-order valence-electron chi connectivity index (χ3n) is 3.59. The summed E-state index contributed by atoms with van der Waals surface area (Å²) in [5, 5.41) is 6.81. The molecule has 26 heavy (non-hydrogen) atoms. The molecule has 1 heterocycles. The predicted octanol–water partition coefficient (Wildman–Crippen LogP) is 4.31. The number of amides is 1. The number of carbonyl (C=O) groups is 1. The monoisotopic (exact) mass is 463 g/mol. The van der Waals surface area contributed by atoms with Gasteiger partial charge in [0.05, 0.1) is 6.61 Å². The lowest BCUT2D eigenvalue weighted by Gasteiger charge is -2.06. The van der Waals surface area contributed by atoms with E-state index in [1.165, 1.54) is 0 Å². The number of hydrogen-bond donors (Lipinski definition) is 1. The third-order valence-corrected chi connectivity index (χ3v) is 4.30. The predicted molar refractivity (Wildman–Crippen MR) is 107 cm³/mol. The van der Waals surface area contributed by atoms with Gasteiger partial charge >= 0.3 is 0 Å². The molecule has 0 radical (unpaired) electrons. The highest BCUT2D eigenvalue weighted by Gasteiger charge is 2.11. The number of anilines is 1. The number of carbonyl (C=O) groups excluding carboxylic acids is 1. The Balaban J connectivity index is 1.52. The number of nitrogens with zero attached hydrogens (tertiary/aromatic N) is 2. The van der Waals surface area contributed by atoms with Crippen molar-refractivity contribution in [3.63, 3.8) is 0 Å². The van der Waals surface area contributed by atoms with Crippen molar-refractivity contribution in [2.75, 3.05) is 11.9 Å². The highest BCUT2D eigenvalue weighted by atomic mass is 127. The van der Waals surface area contributed by atoms with Crippen LogP contribution >= 0.6 is 22.6 Å². The van der Waals surface area contributed by atoms with Gasteiger partial charge in [0.1, 0.15) is 5.75 Å². The molecule has 0 aliphatic heterocycles. The van der Waals surface area contributed by atoms with Crippen molar-refractivity contribution in [2.24, 2.45) is 0 Å². The molecule has 1 aromatic heterocycles. The van der Waals surface area contributed by atoms with Gasteiger partial charge in [-0.1, -0.05) is 17.3 Å². The molecule has 0 bridgehead atoms. The van der Waals surface area contributed by atoms with Crippen LogP contribution in [0.25, 0.3) is 11.4 Å². The number of aromatic nitrogens is 2. The minimum Gasteiger partial charge on any atom is -0.494 e. The van der Waals surface area contributed by atoms with Crippen LogP contribution in [0.5, 0.6) is 5.75 Å². The zero-order valence-electron chi connectivity index (χ0n) is 14.2. The van der Waals surface area contributed by atoms with Gasteiger partial charge in [0.25, 0.3) is 0 Å². The van der Waals surface area contributed by atoms with Crippen molar-refractivity contribution in [2.45, 2.75) is 19.8 Å². The highest BCUT2D eigenvalue weighted by Crippen LogP contribution is 2.18. The zero-order valence-corrected chi connectivity index (χ0v) is 16.4. The van der Waals surface area contributed by atoms with E-state index in [1.54, 1.807) is 0 Å². The van der Waals surface area contributed by atoms with Gasteiger partial charge in [-0.05, 0) is 65.9 Å². The average Bonchev–Trinajstić information content (AvgIpc) is 3.11. The first kappa shape index (κ1) is 18.4. The Kier molecular flexibility index (Phi) is 6.21. The number of aryl methyl sites for hydroxylation is 1. The summed E-state index contributed by atoms with van der Waals surface area (Å²) < 4.78 is 11.7. The molecule has 7 heteroatoms. The zero-order chi connectivity index (χ0) is 18.4. The molecule has 2 aromatic carbocycles. The topological polar surface area (TPSA) is 77.2 Å². The van der Waals surface area contributed by atoms with Gasteiger partial charge in [0, 0.05) is 27.7 Å². The van der Waals surface area contributed by atoms with Gasteiger partial charge < -0.3 is 14.6 Å². The van der Waals surface area contributed by atoms with E-state index in [9.17, 15) is 4.79 Å². The summed E-state index contributed by atoms with van der Waals surface area (Å²) in [7, 11) is 0. The lowest BCUT2D eigenvalue weighted by Crippen LogP contribution is -2.12. The summed E-state index contributed by atoms with van der Waals surface area (Å²) in [5.41, 5.74) is 1.61. The molecular weight excluding hydrogens is 445 g/mol. The average molecular weight is 463 g/mol. The molecule has 1 N–H and O–H groups in total. The Morgan fingerprint density at radius 2 is 1.88 bits per heavy atom. The molecule has 0 fully saturated rings. The second-order valence-corrected chi connectivity index (χ2v) is 6.77. The normalized spacial score (nSPS) is 10.5. The second-order valence-electron chi connectivity index (χ2n) is 5.52. The molecule has 0 spiro atoms. The fraction of sp³-hybridized carbons (Fsp3) is 0.211. The van der Waals surface area contributed by atoms with Crippen molar-refractivity contribution < 1.29 is 14.1 Å². The van der Waals surface area contributed by atoms with Crippen LogP contribution in [0, 0.1) is 3.57 Å². The molecule has 6 nitrogen and oxygen atoms in total. The SMILES string of the molecule is CCOc1ccc(NC(=O)CCc2nc(-c3ccc(I)cc3)no2)cc1. The van der Waals surface area contributed by atoms with Crippen LogP contribution in [0.1, 0.15) is 19.2 Å². The van der Waals surface area contributed by atoms with Crippen LogP contribution in [0.3, 0.4) is 0 Å². The summed E-state index contributed by atoms with van der Waals surface area (Å²) in [4.78, 5) is 16.4. The molecule has 0 aliphatic rings. The van der Waals surface area contributed by atoms with Crippen molar-refractivity contribution >= 4 is 34.2 Å². The van der Waals surface area contributed by atoms with E-state index in [4.69, 9.17) is 9.26 Å². The summed E-state index contributed by atoms with van der Waals surface area (Å²) in [6.07, 6.45) is 0.655. The molecule has 0 aliphatic carbocycles. The number of hydrogen-bond acceptors (Lipinski definition) is 5. The highest BCUT2D eigenvalue weighted by molar-refractivity contribution is 14.1. The fourth-order valence-electron chi connectivity index (χ4n) is 2.32. The Morgan fingerprint density at radius 1 is 1.15 bits per heavy atom. The van der Waals surface area contributed by atoms with Gasteiger partial charge in [-0.15, -0.1) is 0 Å². The molecule has 0 saturated carbocycles. The Bertz CT molecular complexity index is 860. The van der Waals surface area contributed by atoms with Crippen molar-refractivity contribution in [1.29, 1.82) is 0 Å². The van der Waals surface area contributed by atoms with Crippen LogP contribution in [-0.2, 0) is 11.2 Å². The van der Waals surface area contributed by atoms with Crippen LogP contribution < -0.4 is 10.1 Å². The number of nitrogens with one attached hydrogen (secondary N) is 1. The van der Waals surface area contributed by atoms with Gasteiger partial charge in [-0.2, -0.15) is 4.98 Å². The quantitative estimate of drug-likeness (QED) is 0.529. The van der Waals surface area contributed by atoms with Crippen LogP contribution in [0.15, 0.2) is 53.1 Å². The number of benzene rings is 2. The maximum Gasteiger partial charge on any atom is 0.227 e. The van der Waals surface area contributed by atoms with E-state index < -0.39 is 0 Å². The van der Waals surface area contributed by atoms with Gasteiger partial charge in [-0.25, -0.2) is 0 Å². The molecule has 3 aromatic rings. The molecular formula is C19H18IN3O3. The van der Waals surface area contributed by atoms with E-state index in [1.807, 2.05) is 55.5 Å². The van der Waals surface area contributed by atoms with Crippen molar-refractivity contribution in [3.8, 4) is 17.1 Å². The van der Waals surface area contributed by atoms with Crippen LogP contribution in [-0.4, -0.2) is 22.7 Å². The molecule has 0 unspecified atom stereocenters. The summed E-state index contributed by atoms with van der Waals surface area (Å²) >= 11 is 2.24. The molecule has 0 atom stereocenters. The minimum absolute atomic E-state index is 0.108. The van der Waals surface area contributed by atoms with Gasteiger partial charge in [-0.3, -0.25) is 4.79 Å². The van der Waals surface area contributed by atoms with E-state index in [-0.39, 0.29) is 12.3 Å². The van der Waals surface area contributed by atoms with Gasteiger partial charge in [0.15, 0.2) is 0 Å². The standard InChI is InChI=1S/C19H18IN3O3/c1-2-25-16-9-7-15(8-10-16)21-17(24)11-12-18-22-19(23-26-18)13-3-5-14(20)6-4-13/h3-10H,2,11-12H2,1H3,(H,21,24). The maximum absolute atomic E-state index is 12.1. The lowest BCUT2D eigenvalue weighted by atomic mass is 10.2. The Morgan fingerprint density at radius 3 is 2.58 bits per heavy atom. The first-order valence-electron chi connectivity index (χ1n) is 8.25. The molecule has 134 valence electrons. The minimum atomic E-state index is -0.108. The fourth-order valence-corrected chi connectivity index (χ4v) is 2.68. The molecule has 1 amide bonds. The second kappa shape index (κ2) is 8.79. The summed E-state index contributed by atoms with van der Waals surface area (Å²) in [6.45, 7) is 2.54. The Hall–Kier alpha value is -2.42. The maximum atomic E-state index is 12.1. The third kappa shape index (κ3) is 5.04. The van der Waals surface area contributed by atoms with Gasteiger partial charge in [0.2, 0.25) is 17.6 Å². The number of halogens is 1. The lowest BCUT2D eigenvalue weighted by molar-refractivity contribution is -0.116. The molecule has 0 saturated heterocycles. The summed E-state index contributed by atoms with van der Waals surface area (Å²) in [5.74, 6) is 1.64. The van der Waals surface area contributed by atoms with E-state index in [2.05, 4.69) is 38.0 Å². The van der Waals surface area contributed by atoms with Crippen molar-refractivity contribution in [1.82, 2.24) is 10.1 Å².